The Kier molecular flexibility index (Phi) is 5.08. The van der Waals surface area contributed by atoms with Crippen molar-refractivity contribution in [3.63, 3.8) is 0 Å². The van der Waals surface area contributed by atoms with Crippen LogP contribution >= 0.6 is 23.2 Å². The van der Waals surface area contributed by atoms with Crippen LogP contribution in [0.2, 0.25) is 10.0 Å². The lowest BCUT2D eigenvalue weighted by Gasteiger charge is -2.35. The molecule has 5 nitrogen and oxygen atoms in total. The van der Waals surface area contributed by atoms with Gasteiger partial charge in [-0.3, -0.25) is 9.59 Å². The van der Waals surface area contributed by atoms with Crippen LogP contribution in [0.3, 0.4) is 0 Å². The van der Waals surface area contributed by atoms with E-state index in [0.717, 1.165) is 11.1 Å². The molecule has 146 valence electrons. The van der Waals surface area contributed by atoms with Gasteiger partial charge in [0.15, 0.2) is 0 Å². The van der Waals surface area contributed by atoms with E-state index in [9.17, 15) is 14.7 Å². The maximum Gasteiger partial charge on any atom is 0.254 e. The third-order valence-electron chi connectivity index (χ3n) is 5.35. The van der Waals surface area contributed by atoms with Gasteiger partial charge in [-0.2, -0.15) is 0 Å². The molecular formula is C21H20Cl2N2O3. The number of aliphatic hydroxyl groups is 1. The van der Waals surface area contributed by atoms with Crippen LogP contribution in [0.1, 0.15) is 23.2 Å². The summed E-state index contributed by atoms with van der Waals surface area (Å²) >= 11 is 12.3. The molecule has 0 unspecified atom stereocenters. The van der Waals surface area contributed by atoms with Crippen molar-refractivity contribution in [3.05, 3.63) is 58.1 Å². The highest BCUT2D eigenvalue weighted by atomic mass is 35.5. The van der Waals surface area contributed by atoms with Gasteiger partial charge < -0.3 is 14.9 Å². The van der Waals surface area contributed by atoms with Crippen molar-refractivity contribution in [2.45, 2.75) is 18.4 Å². The molecule has 0 atom stereocenters. The molecule has 2 amide bonds. The predicted molar refractivity (Wildman–Crippen MR) is 109 cm³/mol. The monoisotopic (exact) mass is 418 g/mol. The summed E-state index contributed by atoms with van der Waals surface area (Å²) in [5.74, 6) is -0.275. The quantitative estimate of drug-likeness (QED) is 0.829. The van der Waals surface area contributed by atoms with Crippen LogP contribution in [-0.2, 0) is 4.79 Å². The van der Waals surface area contributed by atoms with Gasteiger partial charge in [-0.25, -0.2) is 0 Å². The first kappa shape index (κ1) is 19.2. The Labute approximate surface area is 173 Å². The van der Waals surface area contributed by atoms with Gasteiger partial charge in [0.25, 0.3) is 11.8 Å². The average molecular weight is 419 g/mol. The van der Waals surface area contributed by atoms with Crippen LogP contribution in [0.15, 0.2) is 42.5 Å². The molecule has 1 N–H and O–H groups in total. The molecule has 2 aromatic carbocycles. The molecule has 1 aliphatic heterocycles. The van der Waals surface area contributed by atoms with E-state index in [0.29, 0.717) is 54.6 Å². The molecule has 7 heteroatoms. The summed E-state index contributed by atoms with van der Waals surface area (Å²) in [5.41, 5.74) is 1.14. The van der Waals surface area contributed by atoms with E-state index < -0.39 is 5.60 Å². The van der Waals surface area contributed by atoms with Crippen molar-refractivity contribution in [2.75, 3.05) is 26.2 Å². The third-order valence-corrected chi connectivity index (χ3v) is 5.91. The molecule has 0 aromatic heterocycles. The van der Waals surface area contributed by atoms with Crippen LogP contribution in [0.5, 0.6) is 0 Å². The summed E-state index contributed by atoms with van der Waals surface area (Å²) in [5, 5.41) is 11.2. The molecular weight excluding hydrogens is 399 g/mol. The van der Waals surface area contributed by atoms with Gasteiger partial charge in [-0.1, -0.05) is 35.3 Å². The van der Waals surface area contributed by atoms with E-state index in [-0.39, 0.29) is 11.8 Å². The molecule has 0 bridgehead atoms. The van der Waals surface area contributed by atoms with Crippen LogP contribution in [0.4, 0.5) is 0 Å². The molecule has 1 saturated carbocycles. The van der Waals surface area contributed by atoms with Gasteiger partial charge in [0.1, 0.15) is 5.60 Å². The number of nitrogens with zero attached hydrogens (tertiary/aromatic N) is 2. The lowest BCUT2D eigenvalue weighted by Crippen LogP contribution is -2.53. The second-order valence-corrected chi connectivity index (χ2v) is 8.16. The Morgan fingerprint density at radius 1 is 0.893 bits per heavy atom. The van der Waals surface area contributed by atoms with Crippen LogP contribution in [0.25, 0.3) is 11.1 Å². The SMILES string of the molecule is O=C(c1ccc(-c2cc(Cl)ccc2Cl)cc1)N1CCN(C(=O)C2(O)CC2)CC1. The number of rotatable bonds is 3. The molecule has 0 radical (unpaired) electrons. The normalized spacial score (nSPS) is 18.1. The lowest BCUT2D eigenvalue weighted by molar-refractivity contribution is -0.143. The maximum absolute atomic E-state index is 12.8. The Morgan fingerprint density at radius 3 is 2.11 bits per heavy atom. The van der Waals surface area contributed by atoms with Crippen molar-refractivity contribution in [1.82, 2.24) is 9.80 Å². The number of carbonyl (C=O) groups excluding carboxylic acids is 2. The van der Waals surface area contributed by atoms with Crippen molar-refractivity contribution in [1.29, 1.82) is 0 Å². The van der Waals surface area contributed by atoms with Gasteiger partial charge in [-0.05, 0) is 48.7 Å². The van der Waals surface area contributed by atoms with E-state index in [1.54, 1.807) is 40.1 Å². The zero-order valence-corrected chi connectivity index (χ0v) is 16.7. The number of hydrogen-bond acceptors (Lipinski definition) is 3. The number of piperazine rings is 1. The highest BCUT2D eigenvalue weighted by Gasteiger charge is 2.50. The second-order valence-electron chi connectivity index (χ2n) is 7.32. The largest absolute Gasteiger partial charge is 0.380 e. The standard InChI is InChI=1S/C21H20Cl2N2O3/c22-16-5-6-18(23)17(13-16)14-1-3-15(4-2-14)19(26)24-9-11-25(12-10-24)20(27)21(28)7-8-21/h1-6,13,28H,7-12H2. The molecule has 2 fully saturated rings. The number of halogens is 2. The Balaban J connectivity index is 1.42. The minimum Gasteiger partial charge on any atom is -0.380 e. The van der Waals surface area contributed by atoms with Crippen LogP contribution in [-0.4, -0.2) is 58.5 Å². The minimum absolute atomic E-state index is 0.0685. The van der Waals surface area contributed by atoms with Gasteiger partial charge in [0.05, 0.1) is 0 Å². The fourth-order valence-corrected chi connectivity index (χ4v) is 3.83. The Morgan fingerprint density at radius 2 is 1.50 bits per heavy atom. The maximum atomic E-state index is 12.8. The van der Waals surface area contributed by atoms with E-state index in [1.807, 2.05) is 12.1 Å². The molecule has 4 rings (SSSR count). The van der Waals surface area contributed by atoms with E-state index >= 15 is 0 Å². The minimum atomic E-state index is -1.15. The first-order valence-corrected chi connectivity index (χ1v) is 9.99. The summed E-state index contributed by atoms with van der Waals surface area (Å²) < 4.78 is 0. The van der Waals surface area contributed by atoms with E-state index in [1.165, 1.54) is 0 Å². The lowest BCUT2D eigenvalue weighted by atomic mass is 10.0. The summed E-state index contributed by atoms with van der Waals surface area (Å²) in [6.45, 7) is 1.82. The first-order valence-electron chi connectivity index (χ1n) is 9.24. The fourth-order valence-electron chi connectivity index (χ4n) is 3.43. The van der Waals surface area contributed by atoms with Crippen LogP contribution < -0.4 is 0 Å². The summed E-state index contributed by atoms with van der Waals surface area (Å²) in [4.78, 5) is 28.4. The van der Waals surface area contributed by atoms with Gasteiger partial charge in [0, 0.05) is 47.4 Å². The van der Waals surface area contributed by atoms with Crippen molar-refractivity contribution in [2.24, 2.45) is 0 Å². The van der Waals surface area contributed by atoms with Crippen LogP contribution in [0, 0.1) is 0 Å². The molecule has 28 heavy (non-hydrogen) atoms. The average Bonchev–Trinajstić information content (AvgIpc) is 3.47. The molecule has 1 heterocycles. The van der Waals surface area contributed by atoms with E-state index in [2.05, 4.69) is 0 Å². The number of benzene rings is 2. The number of amides is 2. The zero-order chi connectivity index (χ0) is 19.9. The highest BCUT2D eigenvalue weighted by Crippen LogP contribution is 2.37. The molecule has 0 spiro atoms. The molecule has 2 aliphatic rings. The topological polar surface area (TPSA) is 60.9 Å². The van der Waals surface area contributed by atoms with Gasteiger partial charge >= 0.3 is 0 Å². The van der Waals surface area contributed by atoms with Crippen molar-refractivity contribution in [3.8, 4) is 11.1 Å². The van der Waals surface area contributed by atoms with E-state index in [4.69, 9.17) is 23.2 Å². The molecule has 2 aromatic rings. The van der Waals surface area contributed by atoms with Gasteiger partial charge in [-0.15, -0.1) is 0 Å². The number of carbonyl (C=O) groups is 2. The summed E-state index contributed by atoms with van der Waals surface area (Å²) in [7, 11) is 0. The highest BCUT2D eigenvalue weighted by molar-refractivity contribution is 6.35. The molecule has 1 saturated heterocycles. The first-order chi connectivity index (χ1) is 13.4. The zero-order valence-electron chi connectivity index (χ0n) is 15.2. The number of hydrogen-bond donors (Lipinski definition) is 1. The second kappa shape index (κ2) is 7.39. The molecule has 1 aliphatic carbocycles. The fraction of sp³-hybridized carbons (Fsp3) is 0.333. The Hall–Kier alpha value is -2.08. The van der Waals surface area contributed by atoms with Crippen molar-refractivity contribution >= 4 is 35.0 Å². The smallest absolute Gasteiger partial charge is 0.254 e. The predicted octanol–water partition coefficient (Wildman–Crippen LogP) is 3.47. The van der Waals surface area contributed by atoms with Crippen molar-refractivity contribution < 1.29 is 14.7 Å². The summed E-state index contributed by atoms with van der Waals surface area (Å²) in [6.07, 6.45) is 1.07. The summed E-state index contributed by atoms with van der Waals surface area (Å²) in [6, 6.07) is 12.5. The Bertz CT molecular complexity index is 918. The van der Waals surface area contributed by atoms with Gasteiger partial charge in [0.2, 0.25) is 0 Å². The third kappa shape index (κ3) is 3.75.